The van der Waals surface area contributed by atoms with Crippen molar-refractivity contribution in [3.8, 4) is 0 Å². The van der Waals surface area contributed by atoms with Crippen molar-refractivity contribution in [2.45, 2.75) is 52.4 Å². The molecular weight excluding hydrogens is 240 g/mol. The molecule has 0 aromatic carbocycles. The molecule has 5 heteroatoms. The summed E-state index contributed by atoms with van der Waals surface area (Å²) in [7, 11) is 0. The number of aromatic nitrogens is 3. The Morgan fingerprint density at radius 1 is 1.42 bits per heavy atom. The topological polar surface area (TPSA) is 61.9 Å². The number of rotatable bonds is 3. The summed E-state index contributed by atoms with van der Waals surface area (Å²) in [6.45, 7) is 7.97. The second-order valence-electron chi connectivity index (χ2n) is 5.70. The van der Waals surface area contributed by atoms with E-state index < -0.39 is 0 Å². The first-order valence-corrected chi connectivity index (χ1v) is 7.33. The SMILES string of the molecule is CCC1CCCN(C(=O)c2n[nH]c(C(C)C)n2)CC1. The number of aromatic amines is 1. The van der Waals surface area contributed by atoms with Gasteiger partial charge in [-0.3, -0.25) is 9.89 Å². The Balaban J connectivity index is 2.02. The van der Waals surface area contributed by atoms with Crippen LogP contribution in [0.3, 0.4) is 0 Å². The number of carbonyl (C=O) groups excluding carboxylic acids is 1. The summed E-state index contributed by atoms with van der Waals surface area (Å²) in [6, 6.07) is 0. The molecule has 1 atom stereocenters. The molecule has 19 heavy (non-hydrogen) atoms. The molecular formula is C14H24N4O. The van der Waals surface area contributed by atoms with E-state index in [9.17, 15) is 4.79 Å². The molecule has 0 bridgehead atoms. The minimum Gasteiger partial charge on any atom is -0.336 e. The smallest absolute Gasteiger partial charge is 0.293 e. The van der Waals surface area contributed by atoms with Crippen LogP contribution in [0, 0.1) is 5.92 Å². The lowest BCUT2D eigenvalue weighted by Crippen LogP contribution is -2.32. The molecule has 1 aliphatic rings. The minimum absolute atomic E-state index is 0.0279. The Kier molecular flexibility index (Phi) is 4.56. The van der Waals surface area contributed by atoms with Gasteiger partial charge in [-0.15, -0.1) is 5.10 Å². The molecule has 1 aliphatic heterocycles. The van der Waals surface area contributed by atoms with Gasteiger partial charge < -0.3 is 4.90 Å². The monoisotopic (exact) mass is 264 g/mol. The summed E-state index contributed by atoms with van der Waals surface area (Å²) >= 11 is 0. The molecule has 0 radical (unpaired) electrons. The molecule has 1 aromatic heterocycles. The van der Waals surface area contributed by atoms with E-state index in [2.05, 4.69) is 22.1 Å². The maximum atomic E-state index is 12.4. The molecule has 2 rings (SSSR count). The van der Waals surface area contributed by atoms with E-state index in [-0.39, 0.29) is 11.8 Å². The Hall–Kier alpha value is -1.39. The molecule has 0 aliphatic carbocycles. The summed E-state index contributed by atoms with van der Waals surface area (Å²) in [5, 5.41) is 6.91. The molecule has 1 N–H and O–H groups in total. The molecule has 0 spiro atoms. The molecule has 1 aromatic rings. The van der Waals surface area contributed by atoms with Crippen molar-refractivity contribution < 1.29 is 4.79 Å². The van der Waals surface area contributed by atoms with Crippen LogP contribution in [0.2, 0.25) is 0 Å². The van der Waals surface area contributed by atoms with Crippen LogP contribution in [-0.2, 0) is 0 Å². The predicted molar refractivity (Wildman–Crippen MR) is 74.0 cm³/mol. The molecule has 2 heterocycles. The van der Waals surface area contributed by atoms with E-state index in [1.807, 2.05) is 18.7 Å². The number of likely N-dealkylation sites (tertiary alicyclic amines) is 1. The van der Waals surface area contributed by atoms with Gasteiger partial charge in [0, 0.05) is 19.0 Å². The van der Waals surface area contributed by atoms with Gasteiger partial charge >= 0.3 is 0 Å². The van der Waals surface area contributed by atoms with Crippen LogP contribution in [0.15, 0.2) is 0 Å². The predicted octanol–water partition coefficient (Wildman–Crippen LogP) is 2.58. The van der Waals surface area contributed by atoms with Crippen LogP contribution in [-0.4, -0.2) is 39.1 Å². The quantitative estimate of drug-likeness (QED) is 0.912. The van der Waals surface area contributed by atoms with E-state index in [1.54, 1.807) is 0 Å². The fourth-order valence-electron chi connectivity index (χ4n) is 2.55. The van der Waals surface area contributed by atoms with E-state index in [4.69, 9.17) is 0 Å². The molecule has 1 amide bonds. The average molecular weight is 264 g/mol. The maximum Gasteiger partial charge on any atom is 0.293 e. The first-order valence-electron chi connectivity index (χ1n) is 7.33. The van der Waals surface area contributed by atoms with Gasteiger partial charge in [0.25, 0.3) is 5.91 Å². The van der Waals surface area contributed by atoms with Crippen LogP contribution in [0.1, 0.15) is 68.8 Å². The first-order chi connectivity index (χ1) is 9.11. The van der Waals surface area contributed by atoms with Gasteiger partial charge in [-0.2, -0.15) is 0 Å². The Morgan fingerprint density at radius 2 is 2.21 bits per heavy atom. The fourth-order valence-corrected chi connectivity index (χ4v) is 2.55. The van der Waals surface area contributed by atoms with E-state index in [0.29, 0.717) is 5.82 Å². The highest BCUT2D eigenvalue weighted by atomic mass is 16.2. The summed E-state index contributed by atoms with van der Waals surface area (Å²) in [5.41, 5.74) is 0. The summed E-state index contributed by atoms with van der Waals surface area (Å²) < 4.78 is 0. The van der Waals surface area contributed by atoms with E-state index >= 15 is 0 Å². The van der Waals surface area contributed by atoms with Crippen molar-refractivity contribution in [1.82, 2.24) is 20.1 Å². The van der Waals surface area contributed by atoms with Gasteiger partial charge in [-0.1, -0.05) is 27.2 Å². The van der Waals surface area contributed by atoms with Gasteiger partial charge in [0.15, 0.2) is 0 Å². The van der Waals surface area contributed by atoms with Crippen molar-refractivity contribution in [3.05, 3.63) is 11.6 Å². The second-order valence-corrected chi connectivity index (χ2v) is 5.70. The Morgan fingerprint density at radius 3 is 2.84 bits per heavy atom. The van der Waals surface area contributed by atoms with Crippen molar-refractivity contribution in [1.29, 1.82) is 0 Å². The van der Waals surface area contributed by atoms with Crippen LogP contribution >= 0.6 is 0 Å². The van der Waals surface area contributed by atoms with Crippen molar-refractivity contribution >= 4 is 5.91 Å². The minimum atomic E-state index is -0.0279. The fraction of sp³-hybridized carbons (Fsp3) is 0.786. The molecule has 106 valence electrons. The average Bonchev–Trinajstić information content (AvgIpc) is 2.77. The zero-order chi connectivity index (χ0) is 13.8. The van der Waals surface area contributed by atoms with Gasteiger partial charge in [-0.05, 0) is 25.2 Å². The van der Waals surface area contributed by atoms with Crippen LogP contribution in [0.25, 0.3) is 0 Å². The number of hydrogen-bond donors (Lipinski definition) is 1. The van der Waals surface area contributed by atoms with Crippen LogP contribution in [0.4, 0.5) is 0 Å². The molecule has 1 saturated heterocycles. The molecule has 5 nitrogen and oxygen atoms in total. The summed E-state index contributed by atoms with van der Waals surface area (Å²) in [5.74, 6) is 2.10. The highest BCUT2D eigenvalue weighted by molar-refractivity contribution is 5.90. The van der Waals surface area contributed by atoms with Crippen molar-refractivity contribution in [2.75, 3.05) is 13.1 Å². The molecule has 0 saturated carbocycles. The van der Waals surface area contributed by atoms with E-state index in [0.717, 1.165) is 37.7 Å². The molecule has 1 fully saturated rings. The summed E-state index contributed by atoms with van der Waals surface area (Å²) in [6.07, 6.45) is 4.63. The third-order valence-electron chi connectivity index (χ3n) is 3.95. The normalized spacial score (nSPS) is 20.6. The number of hydrogen-bond acceptors (Lipinski definition) is 3. The Labute approximate surface area is 114 Å². The van der Waals surface area contributed by atoms with Crippen LogP contribution in [0.5, 0.6) is 0 Å². The number of H-pyrrole nitrogens is 1. The standard InChI is InChI=1S/C14H24N4O/c1-4-11-6-5-8-18(9-7-11)14(19)13-15-12(10(2)3)16-17-13/h10-11H,4-9H2,1-3H3,(H,15,16,17). The zero-order valence-electron chi connectivity index (χ0n) is 12.1. The number of carbonyl (C=O) groups is 1. The maximum absolute atomic E-state index is 12.4. The van der Waals surface area contributed by atoms with Gasteiger partial charge in [0.2, 0.25) is 5.82 Å². The highest BCUT2D eigenvalue weighted by Gasteiger charge is 2.23. The molecule has 1 unspecified atom stereocenters. The van der Waals surface area contributed by atoms with E-state index in [1.165, 1.54) is 12.8 Å². The number of nitrogens with one attached hydrogen (secondary N) is 1. The zero-order valence-corrected chi connectivity index (χ0v) is 12.1. The number of nitrogens with zero attached hydrogens (tertiary/aromatic N) is 3. The summed E-state index contributed by atoms with van der Waals surface area (Å²) in [4.78, 5) is 18.6. The third kappa shape index (κ3) is 3.33. The third-order valence-corrected chi connectivity index (χ3v) is 3.95. The Bertz CT molecular complexity index is 427. The van der Waals surface area contributed by atoms with Gasteiger partial charge in [-0.25, -0.2) is 4.98 Å². The lowest BCUT2D eigenvalue weighted by Gasteiger charge is -2.18. The lowest BCUT2D eigenvalue weighted by atomic mass is 9.98. The van der Waals surface area contributed by atoms with Gasteiger partial charge in [0.05, 0.1) is 0 Å². The number of amides is 1. The van der Waals surface area contributed by atoms with Crippen molar-refractivity contribution in [2.24, 2.45) is 5.92 Å². The second kappa shape index (κ2) is 6.17. The first kappa shape index (κ1) is 14.0. The van der Waals surface area contributed by atoms with Crippen molar-refractivity contribution in [3.63, 3.8) is 0 Å². The van der Waals surface area contributed by atoms with Crippen LogP contribution < -0.4 is 0 Å². The lowest BCUT2D eigenvalue weighted by molar-refractivity contribution is 0.0748. The van der Waals surface area contributed by atoms with Gasteiger partial charge in [0.1, 0.15) is 5.82 Å². The largest absolute Gasteiger partial charge is 0.336 e. The highest BCUT2D eigenvalue weighted by Crippen LogP contribution is 2.21.